The van der Waals surface area contributed by atoms with E-state index in [0.717, 1.165) is 30.7 Å². The van der Waals surface area contributed by atoms with Crippen LogP contribution in [0, 0.1) is 12.7 Å². The van der Waals surface area contributed by atoms with Gasteiger partial charge in [0.1, 0.15) is 17.7 Å². The van der Waals surface area contributed by atoms with Crippen LogP contribution >= 0.6 is 0 Å². The zero-order chi connectivity index (χ0) is 12.3. The van der Waals surface area contributed by atoms with E-state index in [1.807, 2.05) is 6.92 Å². The fourth-order valence-corrected chi connectivity index (χ4v) is 2.10. The maximum absolute atomic E-state index is 12.9. The molecule has 1 aliphatic rings. The number of benzene rings is 1. The van der Waals surface area contributed by atoms with E-state index in [4.69, 9.17) is 4.74 Å². The maximum Gasteiger partial charge on any atom is 0.123 e. The van der Waals surface area contributed by atoms with Gasteiger partial charge in [0.25, 0.3) is 0 Å². The molecule has 1 aromatic rings. The average Bonchev–Trinajstić information content (AvgIpc) is 2.24. The van der Waals surface area contributed by atoms with Crippen LogP contribution in [0.4, 0.5) is 4.39 Å². The highest BCUT2D eigenvalue weighted by Crippen LogP contribution is 2.28. The van der Waals surface area contributed by atoms with E-state index in [-0.39, 0.29) is 11.9 Å². The minimum Gasteiger partial charge on any atom is -0.490 e. The molecule has 1 aromatic carbocycles. The van der Waals surface area contributed by atoms with Crippen LogP contribution in [-0.4, -0.2) is 18.7 Å². The topological polar surface area (TPSA) is 21.3 Å². The molecular formula is C14H20FNO. The quantitative estimate of drug-likeness (QED) is 0.850. The summed E-state index contributed by atoms with van der Waals surface area (Å²) < 4.78 is 18.8. The second kappa shape index (κ2) is 5.50. The van der Waals surface area contributed by atoms with Gasteiger partial charge in [0, 0.05) is 6.04 Å². The lowest BCUT2D eigenvalue weighted by Gasteiger charge is -2.36. The third-order valence-electron chi connectivity index (χ3n) is 3.21. The molecular weight excluding hydrogens is 217 g/mol. The molecule has 0 radical (unpaired) electrons. The van der Waals surface area contributed by atoms with Crippen molar-refractivity contribution in [3.63, 3.8) is 0 Å². The van der Waals surface area contributed by atoms with Gasteiger partial charge >= 0.3 is 0 Å². The summed E-state index contributed by atoms with van der Waals surface area (Å²) in [5, 5.41) is 3.47. The van der Waals surface area contributed by atoms with E-state index in [1.54, 1.807) is 6.07 Å². The molecule has 94 valence electrons. The van der Waals surface area contributed by atoms with Gasteiger partial charge in [-0.05, 0) is 56.5 Å². The molecule has 0 atom stereocenters. The fourth-order valence-electron chi connectivity index (χ4n) is 2.10. The second-order valence-corrected chi connectivity index (χ2v) is 4.77. The van der Waals surface area contributed by atoms with Crippen LogP contribution in [0.15, 0.2) is 18.2 Å². The highest BCUT2D eigenvalue weighted by Gasteiger charge is 2.30. The average molecular weight is 237 g/mol. The Labute approximate surface area is 102 Å². The van der Waals surface area contributed by atoms with Crippen molar-refractivity contribution in [3.05, 3.63) is 29.6 Å². The first-order valence-electron chi connectivity index (χ1n) is 6.35. The molecule has 0 bridgehead atoms. The number of hydrogen-bond acceptors (Lipinski definition) is 2. The van der Waals surface area contributed by atoms with Crippen molar-refractivity contribution >= 4 is 0 Å². The second-order valence-electron chi connectivity index (χ2n) is 4.77. The summed E-state index contributed by atoms with van der Waals surface area (Å²) in [5.41, 5.74) is 0.870. The molecule has 1 N–H and O–H groups in total. The Morgan fingerprint density at radius 1 is 1.41 bits per heavy atom. The molecule has 2 rings (SSSR count). The zero-order valence-electron chi connectivity index (χ0n) is 10.5. The van der Waals surface area contributed by atoms with E-state index in [2.05, 4.69) is 12.2 Å². The van der Waals surface area contributed by atoms with Gasteiger partial charge in [-0.2, -0.15) is 0 Å². The summed E-state index contributed by atoms with van der Waals surface area (Å²) in [5.74, 6) is 0.608. The molecule has 0 unspecified atom stereocenters. The Kier molecular flexibility index (Phi) is 4.00. The van der Waals surface area contributed by atoms with E-state index in [9.17, 15) is 4.39 Å². The Morgan fingerprint density at radius 3 is 2.82 bits per heavy atom. The number of halogens is 1. The third-order valence-corrected chi connectivity index (χ3v) is 3.21. The number of nitrogens with one attached hydrogen (secondary N) is 1. The van der Waals surface area contributed by atoms with Crippen molar-refractivity contribution in [2.24, 2.45) is 0 Å². The standard InChI is InChI=1S/C14H20FNO/c1-3-6-16-12-8-13(9-12)17-14-5-4-11(15)7-10(14)2/h4-5,7,12-13,16H,3,6,8-9H2,1-2H3. The fraction of sp³-hybridized carbons (Fsp3) is 0.571. The molecule has 17 heavy (non-hydrogen) atoms. The summed E-state index contributed by atoms with van der Waals surface area (Å²) in [7, 11) is 0. The van der Waals surface area contributed by atoms with Crippen molar-refractivity contribution in [1.29, 1.82) is 0 Å². The van der Waals surface area contributed by atoms with E-state index in [1.165, 1.54) is 18.6 Å². The Balaban J connectivity index is 1.79. The van der Waals surface area contributed by atoms with E-state index >= 15 is 0 Å². The van der Waals surface area contributed by atoms with Crippen LogP contribution in [0.1, 0.15) is 31.7 Å². The van der Waals surface area contributed by atoms with Gasteiger partial charge in [-0.3, -0.25) is 0 Å². The SMILES string of the molecule is CCCNC1CC(Oc2ccc(F)cc2C)C1. The normalized spacial score (nSPS) is 23.2. The van der Waals surface area contributed by atoms with Gasteiger partial charge in [-0.15, -0.1) is 0 Å². The largest absolute Gasteiger partial charge is 0.490 e. The predicted molar refractivity (Wildman–Crippen MR) is 66.9 cm³/mol. The van der Waals surface area contributed by atoms with Crippen molar-refractivity contribution in [3.8, 4) is 5.75 Å². The van der Waals surface area contributed by atoms with Crippen molar-refractivity contribution in [1.82, 2.24) is 5.32 Å². The zero-order valence-corrected chi connectivity index (χ0v) is 10.5. The maximum atomic E-state index is 12.9. The summed E-state index contributed by atoms with van der Waals surface area (Å²) in [4.78, 5) is 0. The predicted octanol–water partition coefficient (Wildman–Crippen LogP) is 3.04. The van der Waals surface area contributed by atoms with Crippen molar-refractivity contribution < 1.29 is 9.13 Å². The smallest absolute Gasteiger partial charge is 0.123 e. The van der Waals surface area contributed by atoms with Crippen LogP contribution in [0.2, 0.25) is 0 Å². The van der Waals surface area contributed by atoms with E-state index in [0.29, 0.717) is 6.04 Å². The van der Waals surface area contributed by atoms with E-state index < -0.39 is 0 Å². The molecule has 0 aliphatic heterocycles. The van der Waals surface area contributed by atoms with Gasteiger partial charge in [-0.1, -0.05) is 6.92 Å². The lowest BCUT2D eigenvalue weighted by Crippen LogP contribution is -2.47. The van der Waals surface area contributed by atoms with Crippen LogP contribution in [0.25, 0.3) is 0 Å². The first-order valence-corrected chi connectivity index (χ1v) is 6.35. The monoisotopic (exact) mass is 237 g/mol. The number of rotatable bonds is 5. The van der Waals surface area contributed by atoms with Crippen LogP contribution in [0.5, 0.6) is 5.75 Å². The third kappa shape index (κ3) is 3.19. The minimum atomic E-state index is -0.203. The molecule has 3 heteroatoms. The van der Waals surface area contributed by atoms with Gasteiger partial charge in [0.05, 0.1) is 0 Å². The molecule has 0 heterocycles. The van der Waals surface area contributed by atoms with Crippen LogP contribution in [0.3, 0.4) is 0 Å². The Morgan fingerprint density at radius 2 is 2.18 bits per heavy atom. The molecule has 1 fully saturated rings. The summed E-state index contributed by atoms with van der Waals surface area (Å²) >= 11 is 0. The number of ether oxygens (including phenoxy) is 1. The molecule has 0 aromatic heterocycles. The van der Waals surface area contributed by atoms with Crippen LogP contribution in [-0.2, 0) is 0 Å². The lowest BCUT2D eigenvalue weighted by molar-refractivity contribution is 0.0845. The first kappa shape index (κ1) is 12.4. The van der Waals surface area contributed by atoms with Gasteiger partial charge in [0.2, 0.25) is 0 Å². The summed E-state index contributed by atoms with van der Waals surface area (Å²) in [6, 6.07) is 5.28. The van der Waals surface area contributed by atoms with Gasteiger partial charge in [-0.25, -0.2) is 4.39 Å². The molecule has 2 nitrogen and oxygen atoms in total. The highest BCUT2D eigenvalue weighted by molar-refractivity contribution is 5.33. The van der Waals surface area contributed by atoms with Crippen LogP contribution < -0.4 is 10.1 Å². The number of hydrogen-bond donors (Lipinski definition) is 1. The molecule has 1 saturated carbocycles. The van der Waals surface area contributed by atoms with Crippen molar-refractivity contribution in [2.75, 3.05) is 6.54 Å². The van der Waals surface area contributed by atoms with Crippen molar-refractivity contribution in [2.45, 2.75) is 45.3 Å². The Bertz CT molecular complexity index is 374. The first-order chi connectivity index (χ1) is 8.19. The minimum absolute atomic E-state index is 0.203. The van der Waals surface area contributed by atoms with Gasteiger partial charge < -0.3 is 10.1 Å². The van der Waals surface area contributed by atoms with Gasteiger partial charge in [0.15, 0.2) is 0 Å². The highest BCUT2D eigenvalue weighted by atomic mass is 19.1. The summed E-state index contributed by atoms with van der Waals surface area (Å²) in [6.45, 7) is 5.12. The molecule has 0 spiro atoms. The Hall–Kier alpha value is -1.09. The molecule has 0 amide bonds. The molecule has 1 aliphatic carbocycles. The summed E-state index contributed by atoms with van der Waals surface area (Å²) in [6.07, 6.45) is 3.56. The number of aryl methyl sites for hydroxylation is 1. The molecule has 0 saturated heterocycles. The lowest BCUT2D eigenvalue weighted by atomic mass is 9.89.